The van der Waals surface area contributed by atoms with Gasteiger partial charge in [-0.3, -0.25) is 4.79 Å². The van der Waals surface area contributed by atoms with E-state index in [2.05, 4.69) is 18.7 Å². The number of hydrogen-bond acceptors (Lipinski definition) is 2. The van der Waals surface area contributed by atoms with E-state index in [-0.39, 0.29) is 5.91 Å². The lowest BCUT2D eigenvalue weighted by Crippen LogP contribution is -2.33. The molecule has 0 aromatic carbocycles. The van der Waals surface area contributed by atoms with E-state index in [0.717, 1.165) is 13.1 Å². The van der Waals surface area contributed by atoms with E-state index in [9.17, 15) is 4.79 Å². The summed E-state index contributed by atoms with van der Waals surface area (Å²) in [5.41, 5.74) is 0. The zero-order valence-corrected chi connectivity index (χ0v) is 9.50. The average Bonchev–Trinajstić information content (AvgIpc) is 1.98. The summed E-state index contributed by atoms with van der Waals surface area (Å²) in [6.45, 7) is 5.88. The van der Waals surface area contributed by atoms with Gasteiger partial charge < -0.3 is 9.80 Å². The van der Waals surface area contributed by atoms with Gasteiger partial charge in [0.1, 0.15) is 0 Å². The highest BCUT2D eigenvalue weighted by Gasteiger charge is 2.09. The minimum absolute atomic E-state index is 0.247. The van der Waals surface area contributed by atoms with Crippen molar-refractivity contribution < 1.29 is 4.79 Å². The average molecular weight is 186 g/mol. The quantitative estimate of drug-likeness (QED) is 0.641. The summed E-state index contributed by atoms with van der Waals surface area (Å²) in [7, 11) is 5.90. The Hall–Kier alpha value is -0.570. The molecule has 0 aromatic heterocycles. The van der Waals surface area contributed by atoms with Crippen molar-refractivity contribution in [3.63, 3.8) is 0 Å². The van der Waals surface area contributed by atoms with Crippen LogP contribution in [-0.4, -0.2) is 49.9 Å². The Bertz CT molecular complexity index is 155. The molecule has 0 N–H and O–H groups in total. The molecule has 0 heterocycles. The highest BCUT2D eigenvalue weighted by atomic mass is 16.2. The van der Waals surface area contributed by atoms with E-state index < -0.39 is 0 Å². The molecule has 13 heavy (non-hydrogen) atoms. The minimum atomic E-state index is 0.247. The second-order valence-corrected chi connectivity index (χ2v) is 4.22. The Morgan fingerprint density at radius 3 is 2.08 bits per heavy atom. The van der Waals surface area contributed by atoms with Gasteiger partial charge in [0.2, 0.25) is 5.91 Å². The molecule has 0 unspecified atom stereocenters. The molecule has 0 fully saturated rings. The van der Waals surface area contributed by atoms with Crippen LogP contribution < -0.4 is 0 Å². The third kappa shape index (κ3) is 6.58. The summed E-state index contributed by atoms with van der Waals surface area (Å²) in [6.07, 6.45) is 0.657. The van der Waals surface area contributed by atoms with Crippen molar-refractivity contribution in [3.05, 3.63) is 0 Å². The molecular weight excluding hydrogens is 164 g/mol. The van der Waals surface area contributed by atoms with Crippen molar-refractivity contribution in [2.24, 2.45) is 5.92 Å². The summed E-state index contributed by atoms with van der Waals surface area (Å²) in [6, 6.07) is 0. The molecule has 0 aliphatic rings. The van der Waals surface area contributed by atoms with Gasteiger partial charge in [-0.1, -0.05) is 13.8 Å². The standard InChI is InChI=1S/C10H22N2O/c1-9(2)8-10(13)12(5)7-6-11(3)4/h9H,6-8H2,1-5H3. The number of nitrogens with zero attached hydrogens (tertiary/aromatic N) is 2. The van der Waals surface area contributed by atoms with E-state index in [0.29, 0.717) is 12.3 Å². The fraction of sp³-hybridized carbons (Fsp3) is 0.900. The van der Waals surface area contributed by atoms with Gasteiger partial charge in [-0.2, -0.15) is 0 Å². The molecule has 0 aromatic rings. The molecule has 1 amide bonds. The lowest BCUT2D eigenvalue weighted by molar-refractivity contribution is -0.130. The maximum absolute atomic E-state index is 11.5. The zero-order chi connectivity index (χ0) is 10.4. The van der Waals surface area contributed by atoms with Crippen LogP contribution in [0.25, 0.3) is 0 Å². The van der Waals surface area contributed by atoms with Gasteiger partial charge in [-0.15, -0.1) is 0 Å². The minimum Gasteiger partial charge on any atom is -0.344 e. The van der Waals surface area contributed by atoms with Crippen molar-refractivity contribution in [3.8, 4) is 0 Å². The fourth-order valence-corrected chi connectivity index (χ4v) is 0.980. The first-order valence-electron chi connectivity index (χ1n) is 4.82. The number of amides is 1. The first-order chi connectivity index (χ1) is 5.93. The molecule has 0 rings (SSSR count). The van der Waals surface area contributed by atoms with Gasteiger partial charge in [-0.05, 0) is 20.0 Å². The predicted octanol–water partition coefficient (Wildman–Crippen LogP) is 1.05. The number of carbonyl (C=O) groups is 1. The van der Waals surface area contributed by atoms with Crippen molar-refractivity contribution >= 4 is 5.91 Å². The first kappa shape index (κ1) is 12.4. The normalized spacial score (nSPS) is 11.0. The van der Waals surface area contributed by atoms with E-state index in [1.165, 1.54) is 0 Å². The summed E-state index contributed by atoms with van der Waals surface area (Å²) in [5.74, 6) is 0.700. The Morgan fingerprint density at radius 1 is 1.15 bits per heavy atom. The molecule has 0 aliphatic heterocycles. The molecule has 3 heteroatoms. The van der Waals surface area contributed by atoms with E-state index >= 15 is 0 Å². The largest absolute Gasteiger partial charge is 0.344 e. The smallest absolute Gasteiger partial charge is 0.222 e. The molecule has 0 spiro atoms. The molecule has 0 radical (unpaired) electrons. The number of likely N-dealkylation sites (N-methyl/N-ethyl adjacent to an activating group) is 2. The predicted molar refractivity (Wildman–Crippen MR) is 55.6 cm³/mol. The lowest BCUT2D eigenvalue weighted by Gasteiger charge is -2.20. The second kappa shape index (κ2) is 5.97. The van der Waals surface area contributed by atoms with Crippen LogP contribution in [0.1, 0.15) is 20.3 Å². The monoisotopic (exact) mass is 186 g/mol. The molecule has 0 saturated heterocycles. The van der Waals surface area contributed by atoms with Gasteiger partial charge in [0.05, 0.1) is 0 Å². The van der Waals surface area contributed by atoms with Gasteiger partial charge in [0.25, 0.3) is 0 Å². The number of carbonyl (C=O) groups excluding carboxylic acids is 1. The zero-order valence-electron chi connectivity index (χ0n) is 9.50. The van der Waals surface area contributed by atoms with Crippen molar-refractivity contribution in [2.45, 2.75) is 20.3 Å². The highest BCUT2D eigenvalue weighted by Crippen LogP contribution is 2.02. The number of hydrogen-bond donors (Lipinski definition) is 0. The number of rotatable bonds is 5. The Morgan fingerprint density at radius 2 is 1.69 bits per heavy atom. The lowest BCUT2D eigenvalue weighted by atomic mass is 10.1. The molecular formula is C10H22N2O. The van der Waals surface area contributed by atoms with Crippen LogP contribution in [0.4, 0.5) is 0 Å². The molecule has 3 nitrogen and oxygen atoms in total. The second-order valence-electron chi connectivity index (χ2n) is 4.22. The van der Waals surface area contributed by atoms with Gasteiger partial charge in [0, 0.05) is 26.6 Å². The molecule has 0 bridgehead atoms. The molecule has 0 saturated carbocycles. The summed E-state index contributed by atoms with van der Waals surface area (Å²) >= 11 is 0. The topological polar surface area (TPSA) is 23.6 Å². The summed E-state index contributed by atoms with van der Waals surface area (Å²) in [5, 5.41) is 0. The SMILES string of the molecule is CC(C)CC(=O)N(C)CCN(C)C. The van der Waals surface area contributed by atoms with Crippen LogP contribution in [0.5, 0.6) is 0 Å². The van der Waals surface area contributed by atoms with Crippen LogP contribution in [0.3, 0.4) is 0 Å². The molecule has 0 aliphatic carbocycles. The summed E-state index contributed by atoms with van der Waals surface area (Å²) < 4.78 is 0. The van der Waals surface area contributed by atoms with Gasteiger partial charge >= 0.3 is 0 Å². The Kier molecular flexibility index (Phi) is 5.71. The third-order valence-corrected chi connectivity index (χ3v) is 1.89. The maximum Gasteiger partial charge on any atom is 0.222 e. The van der Waals surface area contributed by atoms with Crippen molar-refractivity contribution in [1.29, 1.82) is 0 Å². The highest BCUT2D eigenvalue weighted by molar-refractivity contribution is 5.76. The Balaban J connectivity index is 3.69. The summed E-state index contributed by atoms with van der Waals surface area (Å²) in [4.78, 5) is 15.4. The van der Waals surface area contributed by atoms with Crippen molar-refractivity contribution in [2.75, 3.05) is 34.2 Å². The van der Waals surface area contributed by atoms with E-state index in [4.69, 9.17) is 0 Å². The van der Waals surface area contributed by atoms with Gasteiger partial charge in [0.15, 0.2) is 0 Å². The maximum atomic E-state index is 11.5. The van der Waals surface area contributed by atoms with E-state index in [1.54, 1.807) is 4.90 Å². The van der Waals surface area contributed by atoms with Crippen LogP contribution in [0, 0.1) is 5.92 Å². The van der Waals surface area contributed by atoms with E-state index in [1.807, 2.05) is 21.1 Å². The van der Waals surface area contributed by atoms with Crippen LogP contribution in [0.15, 0.2) is 0 Å². The van der Waals surface area contributed by atoms with Crippen LogP contribution in [-0.2, 0) is 4.79 Å². The van der Waals surface area contributed by atoms with Crippen LogP contribution in [0.2, 0.25) is 0 Å². The van der Waals surface area contributed by atoms with Crippen LogP contribution >= 0.6 is 0 Å². The van der Waals surface area contributed by atoms with Gasteiger partial charge in [-0.25, -0.2) is 0 Å². The first-order valence-corrected chi connectivity index (χ1v) is 4.82. The fourth-order valence-electron chi connectivity index (χ4n) is 0.980. The molecule has 78 valence electrons. The Labute approximate surface area is 81.7 Å². The van der Waals surface area contributed by atoms with Crippen molar-refractivity contribution in [1.82, 2.24) is 9.80 Å². The molecule has 0 atom stereocenters. The third-order valence-electron chi connectivity index (χ3n) is 1.89.